The lowest BCUT2D eigenvalue weighted by atomic mass is 9.80. The lowest BCUT2D eigenvalue weighted by Gasteiger charge is -2.22. The van der Waals surface area contributed by atoms with Crippen molar-refractivity contribution in [2.24, 2.45) is 0 Å². The van der Waals surface area contributed by atoms with Crippen LogP contribution >= 0.6 is 0 Å². The van der Waals surface area contributed by atoms with Gasteiger partial charge in [-0.15, -0.1) is 0 Å². The topological polar surface area (TPSA) is 9.34 Å². The number of aromatic nitrogens is 2. The van der Waals surface area contributed by atoms with E-state index in [2.05, 4.69) is 144 Å². The van der Waals surface area contributed by atoms with E-state index in [0.29, 0.717) is 0 Å². The van der Waals surface area contributed by atoms with Crippen LogP contribution in [-0.2, 0) is 5.41 Å². The second kappa shape index (κ2) is 7.16. The van der Waals surface area contributed by atoms with Crippen LogP contribution in [0.1, 0.15) is 25.0 Å². The largest absolute Gasteiger partial charge is 0.309 e. The summed E-state index contributed by atoms with van der Waals surface area (Å²) in [6, 6.07) is 44.9. The quantitative estimate of drug-likeness (QED) is 0.203. The predicted octanol–water partition coefficient (Wildman–Crippen LogP) is 10.2. The van der Waals surface area contributed by atoms with Crippen molar-refractivity contribution >= 4 is 59.9 Å². The molecular weight excluding hydrogens is 496 g/mol. The van der Waals surface area contributed by atoms with Gasteiger partial charge in [-0.05, 0) is 58.7 Å². The molecule has 9 aromatic rings. The molecular formula is C39H26N2. The standard InChI is InChI=1S/C39H26N2/c1-39(2)30-17-9-6-14-24(30)26-20-21-33-34(36(26)39)29-22-28-25-15-7-10-18-31(25)40(23-12-4-3-5-13-23)37(28)35-27-16-8-11-19-32(27)41(33)38(29)35/h3-22H,1-2H3. The molecule has 0 amide bonds. The van der Waals surface area contributed by atoms with Crippen molar-refractivity contribution < 1.29 is 0 Å². The summed E-state index contributed by atoms with van der Waals surface area (Å²) in [5.41, 5.74) is 13.2. The Morgan fingerprint density at radius 2 is 1.20 bits per heavy atom. The molecule has 2 nitrogen and oxygen atoms in total. The fourth-order valence-electron chi connectivity index (χ4n) is 8.21. The van der Waals surface area contributed by atoms with E-state index >= 15 is 0 Å². The second-order valence-electron chi connectivity index (χ2n) is 12.1. The number of nitrogens with zero attached hydrogens (tertiary/aromatic N) is 2. The van der Waals surface area contributed by atoms with Crippen molar-refractivity contribution in [3.63, 3.8) is 0 Å². The van der Waals surface area contributed by atoms with E-state index in [-0.39, 0.29) is 5.41 Å². The van der Waals surface area contributed by atoms with E-state index in [4.69, 9.17) is 0 Å². The molecule has 10 rings (SSSR count). The maximum Gasteiger partial charge on any atom is 0.0642 e. The lowest BCUT2D eigenvalue weighted by molar-refractivity contribution is 0.666. The minimum atomic E-state index is -0.0869. The fraction of sp³-hybridized carbons (Fsp3) is 0.0769. The van der Waals surface area contributed by atoms with Crippen molar-refractivity contribution in [1.29, 1.82) is 0 Å². The fourth-order valence-corrected chi connectivity index (χ4v) is 8.21. The number of hydrogen-bond acceptors (Lipinski definition) is 0. The third kappa shape index (κ3) is 2.43. The van der Waals surface area contributed by atoms with Crippen molar-refractivity contribution in [1.82, 2.24) is 8.97 Å². The highest BCUT2D eigenvalue weighted by molar-refractivity contribution is 6.34. The van der Waals surface area contributed by atoms with Crippen LogP contribution in [0, 0.1) is 0 Å². The maximum atomic E-state index is 2.54. The number of para-hydroxylation sites is 3. The molecule has 0 fully saturated rings. The summed E-state index contributed by atoms with van der Waals surface area (Å²) in [7, 11) is 0. The van der Waals surface area contributed by atoms with E-state index in [9.17, 15) is 0 Å². The lowest BCUT2D eigenvalue weighted by Crippen LogP contribution is -2.15. The van der Waals surface area contributed by atoms with Gasteiger partial charge in [-0.25, -0.2) is 0 Å². The first kappa shape index (κ1) is 21.7. The summed E-state index contributed by atoms with van der Waals surface area (Å²) in [6.07, 6.45) is 0. The summed E-state index contributed by atoms with van der Waals surface area (Å²) in [5, 5.41) is 8.01. The second-order valence-corrected chi connectivity index (χ2v) is 12.1. The van der Waals surface area contributed by atoms with Gasteiger partial charge in [-0.1, -0.05) is 98.8 Å². The third-order valence-corrected chi connectivity index (χ3v) is 9.79. The Balaban J connectivity index is 1.52. The molecule has 3 heterocycles. The van der Waals surface area contributed by atoms with Crippen LogP contribution in [0.4, 0.5) is 0 Å². The molecule has 3 aromatic heterocycles. The first-order chi connectivity index (χ1) is 20.1. The van der Waals surface area contributed by atoms with E-state index in [1.54, 1.807) is 0 Å². The normalized spacial score (nSPS) is 14.3. The Kier molecular flexibility index (Phi) is 3.79. The van der Waals surface area contributed by atoms with Crippen LogP contribution in [0.2, 0.25) is 0 Å². The Morgan fingerprint density at radius 1 is 0.488 bits per heavy atom. The van der Waals surface area contributed by atoms with Crippen molar-refractivity contribution in [2.75, 3.05) is 0 Å². The average molecular weight is 523 g/mol. The van der Waals surface area contributed by atoms with Gasteiger partial charge < -0.3 is 8.97 Å². The minimum absolute atomic E-state index is 0.0869. The Morgan fingerprint density at radius 3 is 2.05 bits per heavy atom. The average Bonchev–Trinajstić information content (AvgIpc) is 3.70. The first-order valence-corrected chi connectivity index (χ1v) is 14.5. The molecule has 0 N–H and O–H groups in total. The SMILES string of the molecule is CC1(C)c2ccccc2-c2ccc3c(c21)c1cc2c4ccccc4n(-c4ccccc4)c2c2c4ccccc4n3c12. The van der Waals surface area contributed by atoms with Crippen molar-refractivity contribution in [3.05, 3.63) is 132 Å². The van der Waals surface area contributed by atoms with E-state index < -0.39 is 0 Å². The Labute approximate surface area is 237 Å². The molecule has 0 bridgehead atoms. The van der Waals surface area contributed by atoms with Gasteiger partial charge in [0.1, 0.15) is 0 Å². The first-order valence-electron chi connectivity index (χ1n) is 14.5. The van der Waals surface area contributed by atoms with Gasteiger partial charge in [0.15, 0.2) is 0 Å². The van der Waals surface area contributed by atoms with Crippen LogP contribution in [0.25, 0.3) is 76.7 Å². The zero-order valence-electron chi connectivity index (χ0n) is 22.9. The smallest absolute Gasteiger partial charge is 0.0642 e. The summed E-state index contributed by atoms with van der Waals surface area (Å²) < 4.78 is 5.02. The van der Waals surface area contributed by atoms with Gasteiger partial charge in [0.05, 0.1) is 27.6 Å². The molecule has 1 aliphatic rings. The molecule has 0 saturated heterocycles. The number of benzene rings is 6. The van der Waals surface area contributed by atoms with Crippen LogP contribution in [0.15, 0.2) is 121 Å². The van der Waals surface area contributed by atoms with Gasteiger partial charge in [0.2, 0.25) is 0 Å². The Bertz CT molecular complexity index is 2540. The third-order valence-electron chi connectivity index (χ3n) is 9.79. The van der Waals surface area contributed by atoms with Crippen LogP contribution in [0.5, 0.6) is 0 Å². The molecule has 2 heteroatoms. The summed E-state index contributed by atoms with van der Waals surface area (Å²) >= 11 is 0. The van der Waals surface area contributed by atoms with Gasteiger partial charge in [-0.3, -0.25) is 0 Å². The van der Waals surface area contributed by atoms with Crippen molar-refractivity contribution in [2.45, 2.75) is 19.3 Å². The molecule has 0 spiro atoms. The van der Waals surface area contributed by atoms with E-state index in [1.165, 1.54) is 87.8 Å². The zero-order valence-corrected chi connectivity index (χ0v) is 22.9. The molecule has 192 valence electrons. The molecule has 0 atom stereocenters. The molecule has 0 unspecified atom stereocenters. The van der Waals surface area contributed by atoms with E-state index in [1.807, 2.05) is 0 Å². The van der Waals surface area contributed by atoms with Crippen LogP contribution in [-0.4, -0.2) is 8.97 Å². The molecule has 0 radical (unpaired) electrons. The highest BCUT2D eigenvalue weighted by Crippen LogP contribution is 2.55. The summed E-state index contributed by atoms with van der Waals surface area (Å²) in [5.74, 6) is 0. The molecule has 1 aliphatic carbocycles. The Hall–Kier alpha value is -5.08. The highest BCUT2D eigenvalue weighted by Gasteiger charge is 2.38. The molecule has 6 aromatic carbocycles. The zero-order chi connectivity index (χ0) is 27.0. The molecule has 41 heavy (non-hydrogen) atoms. The summed E-state index contributed by atoms with van der Waals surface area (Å²) in [6.45, 7) is 4.81. The highest BCUT2D eigenvalue weighted by atomic mass is 15.0. The van der Waals surface area contributed by atoms with Crippen LogP contribution in [0.3, 0.4) is 0 Å². The van der Waals surface area contributed by atoms with Gasteiger partial charge >= 0.3 is 0 Å². The molecule has 0 aliphatic heterocycles. The van der Waals surface area contributed by atoms with Gasteiger partial charge in [0.25, 0.3) is 0 Å². The maximum absolute atomic E-state index is 2.54. The number of rotatable bonds is 1. The van der Waals surface area contributed by atoms with E-state index in [0.717, 1.165) is 0 Å². The van der Waals surface area contributed by atoms with Gasteiger partial charge in [0, 0.05) is 43.4 Å². The predicted molar refractivity (Wildman–Crippen MR) is 173 cm³/mol. The monoisotopic (exact) mass is 522 g/mol. The number of fused-ring (bicyclic) bond motifs is 14. The molecule has 0 saturated carbocycles. The summed E-state index contributed by atoms with van der Waals surface area (Å²) in [4.78, 5) is 0. The van der Waals surface area contributed by atoms with Crippen molar-refractivity contribution in [3.8, 4) is 16.8 Å². The van der Waals surface area contributed by atoms with Crippen LogP contribution < -0.4 is 0 Å². The van der Waals surface area contributed by atoms with Gasteiger partial charge in [-0.2, -0.15) is 0 Å². The minimum Gasteiger partial charge on any atom is -0.309 e. The number of hydrogen-bond donors (Lipinski definition) is 0.